The van der Waals surface area contributed by atoms with E-state index in [0.29, 0.717) is 24.3 Å². The number of carbonyl (C=O) groups excluding carboxylic acids is 1. The number of rotatable bonds is 4. The zero-order valence-electron chi connectivity index (χ0n) is 9.96. The Labute approximate surface area is 100 Å². The van der Waals surface area contributed by atoms with Gasteiger partial charge in [-0.15, -0.1) is 0 Å². The molecule has 1 unspecified atom stereocenters. The summed E-state index contributed by atoms with van der Waals surface area (Å²) >= 11 is 0. The van der Waals surface area contributed by atoms with Crippen molar-refractivity contribution in [3.63, 3.8) is 0 Å². The maximum Gasteiger partial charge on any atom is 0.280 e. The largest absolute Gasteiger partial charge is 0.367 e. The van der Waals surface area contributed by atoms with Crippen LogP contribution in [0.25, 0.3) is 0 Å². The second-order valence-corrected chi connectivity index (χ2v) is 4.23. The smallest absolute Gasteiger partial charge is 0.280 e. The van der Waals surface area contributed by atoms with Gasteiger partial charge in [0.15, 0.2) is 6.23 Å². The second kappa shape index (κ2) is 4.83. The molecule has 0 bridgehead atoms. The summed E-state index contributed by atoms with van der Waals surface area (Å²) in [6.45, 7) is 1.05. The summed E-state index contributed by atoms with van der Waals surface area (Å²) < 4.78 is 0. The average molecular weight is 236 g/mol. The van der Waals surface area contributed by atoms with Crippen LogP contribution in [0, 0.1) is 0 Å². The topological polar surface area (TPSA) is 53.0 Å². The van der Waals surface area contributed by atoms with Crippen LogP contribution in [0.2, 0.25) is 0 Å². The Balaban J connectivity index is 2.05. The SMILES string of the molecule is CN(C)CCON1C(=O)c2ccccc2C1O. The molecule has 0 radical (unpaired) electrons. The molecule has 1 N–H and O–H groups in total. The van der Waals surface area contributed by atoms with Crippen LogP contribution in [-0.4, -0.2) is 48.2 Å². The van der Waals surface area contributed by atoms with Crippen LogP contribution in [0.5, 0.6) is 0 Å². The van der Waals surface area contributed by atoms with Gasteiger partial charge < -0.3 is 10.0 Å². The van der Waals surface area contributed by atoms with E-state index in [-0.39, 0.29) is 5.91 Å². The zero-order chi connectivity index (χ0) is 12.4. The Morgan fingerprint density at radius 1 is 1.41 bits per heavy atom. The maximum absolute atomic E-state index is 11.9. The molecule has 5 heteroatoms. The van der Waals surface area contributed by atoms with Gasteiger partial charge in [0.05, 0.1) is 6.61 Å². The average Bonchev–Trinajstić information content (AvgIpc) is 2.54. The van der Waals surface area contributed by atoms with Gasteiger partial charge in [0.2, 0.25) is 0 Å². The van der Waals surface area contributed by atoms with Gasteiger partial charge in [0, 0.05) is 17.7 Å². The number of benzene rings is 1. The Bertz CT molecular complexity index is 420. The highest BCUT2D eigenvalue weighted by Crippen LogP contribution is 2.31. The van der Waals surface area contributed by atoms with E-state index in [1.54, 1.807) is 24.3 Å². The molecule has 0 saturated carbocycles. The molecule has 1 aliphatic rings. The van der Waals surface area contributed by atoms with Crippen molar-refractivity contribution in [3.8, 4) is 0 Å². The minimum atomic E-state index is -0.999. The van der Waals surface area contributed by atoms with Crippen LogP contribution in [0.15, 0.2) is 24.3 Å². The lowest BCUT2D eigenvalue weighted by molar-refractivity contribution is -0.199. The molecule has 0 saturated heterocycles. The molecule has 1 atom stereocenters. The molecule has 1 amide bonds. The molecule has 17 heavy (non-hydrogen) atoms. The van der Waals surface area contributed by atoms with E-state index in [0.717, 1.165) is 5.06 Å². The van der Waals surface area contributed by atoms with Crippen molar-refractivity contribution in [2.24, 2.45) is 0 Å². The number of amides is 1. The summed E-state index contributed by atoms with van der Waals surface area (Å²) in [5.41, 5.74) is 1.10. The van der Waals surface area contributed by atoms with Gasteiger partial charge in [-0.3, -0.25) is 9.63 Å². The summed E-state index contributed by atoms with van der Waals surface area (Å²) in [5.74, 6) is -0.285. The van der Waals surface area contributed by atoms with Crippen molar-refractivity contribution in [3.05, 3.63) is 35.4 Å². The lowest BCUT2D eigenvalue weighted by atomic mass is 10.1. The molecule has 5 nitrogen and oxygen atoms in total. The van der Waals surface area contributed by atoms with Crippen LogP contribution in [-0.2, 0) is 4.84 Å². The first-order valence-corrected chi connectivity index (χ1v) is 5.49. The predicted molar refractivity (Wildman–Crippen MR) is 62.1 cm³/mol. The Morgan fingerprint density at radius 3 is 2.76 bits per heavy atom. The minimum Gasteiger partial charge on any atom is -0.367 e. The number of aliphatic hydroxyl groups is 1. The first-order valence-electron chi connectivity index (χ1n) is 5.49. The van der Waals surface area contributed by atoms with E-state index in [1.807, 2.05) is 19.0 Å². The van der Waals surface area contributed by atoms with Gasteiger partial charge in [-0.1, -0.05) is 18.2 Å². The van der Waals surface area contributed by atoms with Crippen LogP contribution in [0.3, 0.4) is 0 Å². The highest BCUT2D eigenvalue weighted by molar-refractivity contribution is 5.98. The molecule has 92 valence electrons. The molecule has 0 aromatic heterocycles. The minimum absolute atomic E-state index is 0.285. The Hall–Kier alpha value is -1.43. The zero-order valence-corrected chi connectivity index (χ0v) is 9.96. The van der Waals surface area contributed by atoms with Crippen LogP contribution < -0.4 is 0 Å². The van der Waals surface area contributed by atoms with Crippen molar-refractivity contribution >= 4 is 5.91 Å². The van der Waals surface area contributed by atoms with E-state index in [9.17, 15) is 9.90 Å². The number of carbonyl (C=O) groups is 1. The van der Waals surface area contributed by atoms with Gasteiger partial charge in [-0.25, -0.2) is 0 Å². The molecule has 1 aliphatic heterocycles. The number of aliphatic hydroxyl groups excluding tert-OH is 1. The van der Waals surface area contributed by atoms with E-state index in [1.165, 1.54) is 0 Å². The molecule has 1 aromatic carbocycles. The van der Waals surface area contributed by atoms with Crippen molar-refractivity contribution in [1.29, 1.82) is 0 Å². The van der Waals surface area contributed by atoms with E-state index in [4.69, 9.17) is 4.84 Å². The molecule has 0 spiro atoms. The van der Waals surface area contributed by atoms with Crippen molar-refractivity contribution in [2.75, 3.05) is 27.2 Å². The molecule has 2 rings (SSSR count). The molecular weight excluding hydrogens is 220 g/mol. The second-order valence-electron chi connectivity index (χ2n) is 4.23. The number of likely N-dealkylation sites (N-methyl/N-ethyl adjacent to an activating group) is 1. The number of fused-ring (bicyclic) bond motifs is 1. The number of hydrogen-bond acceptors (Lipinski definition) is 4. The fourth-order valence-corrected chi connectivity index (χ4v) is 1.72. The first-order chi connectivity index (χ1) is 8.11. The third-order valence-corrected chi connectivity index (χ3v) is 2.66. The fraction of sp³-hybridized carbons (Fsp3) is 0.417. The molecule has 0 aliphatic carbocycles. The molecule has 1 heterocycles. The van der Waals surface area contributed by atoms with Crippen LogP contribution in [0.4, 0.5) is 0 Å². The summed E-state index contributed by atoms with van der Waals surface area (Å²) in [5, 5.41) is 11.0. The van der Waals surface area contributed by atoms with Gasteiger partial charge in [-0.2, -0.15) is 5.06 Å². The summed E-state index contributed by atoms with van der Waals surface area (Å²) in [6.07, 6.45) is -0.999. The lowest BCUT2D eigenvalue weighted by Gasteiger charge is -2.20. The van der Waals surface area contributed by atoms with Gasteiger partial charge in [-0.05, 0) is 20.2 Å². The molecule has 1 aromatic rings. The van der Waals surface area contributed by atoms with Crippen molar-refractivity contribution in [2.45, 2.75) is 6.23 Å². The Morgan fingerprint density at radius 2 is 2.12 bits per heavy atom. The quantitative estimate of drug-likeness (QED) is 0.833. The van der Waals surface area contributed by atoms with Gasteiger partial charge in [0.1, 0.15) is 0 Å². The third-order valence-electron chi connectivity index (χ3n) is 2.66. The monoisotopic (exact) mass is 236 g/mol. The van der Waals surface area contributed by atoms with E-state index in [2.05, 4.69) is 0 Å². The summed E-state index contributed by atoms with van der Waals surface area (Å²) in [6, 6.07) is 6.98. The first kappa shape index (κ1) is 12.0. The highest BCUT2D eigenvalue weighted by atomic mass is 16.7. The number of nitrogens with zero attached hydrogens (tertiary/aromatic N) is 2. The van der Waals surface area contributed by atoms with E-state index < -0.39 is 6.23 Å². The van der Waals surface area contributed by atoms with E-state index >= 15 is 0 Å². The van der Waals surface area contributed by atoms with Crippen LogP contribution in [0.1, 0.15) is 22.1 Å². The highest BCUT2D eigenvalue weighted by Gasteiger charge is 2.36. The standard InChI is InChI=1S/C12H16N2O3/c1-13(2)7-8-17-14-11(15)9-5-3-4-6-10(9)12(14)16/h3-6,11,15H,7-8H2,1-2H3. The molecular formula is C12H16N2O3. The van der Waals surface area contributed by atoms with Gasteiger partial charge in [0.25, 0.3) is 5.91 Å². The van der Waals surface area contributed by atoms with Crippen molar-refractivity contribution in [1.82, 2.24) is 9.96 Å². The lowest BCUT2D eigenvalue weighted by Crippen LogP contribution is -2.31. The van der Waals surface area contributed by atoms with Crippen LogP contribution >= 0.6 is 0 Å². The molecule has 0 fully saturated rings. The third kappa shape index (κ3) is 2.31. The maximum atomic E-state index is 11.9. The van der Waals surface area contributed by atoms with Gasteiger partial charge >= 0.3 is 0 Å². The normalized spacial score (nSPS) is 18.9. The fourth-order valence-electron chi connectivity index (χ4n) is 1.72. The Kier molecular flexibility index (Phi) is 3.42. The summed E-state index contributed by atoms with van der Waals surface area (Å²) in [4.78, 5) is 19.2. The number of hydroxylamine groups is 2. The summed E-state index contributed by atoms with van der Waals surface area (Å²) in [7, 11) is 3.83. The van der Waals surface area contributed by atoms with Crippen molar-refractivity contribution < 1.29 is 14.7 Å². The number of hydrogen-bond donors (Lipinski definition) is 1. The predicted octanol–water partition coefficient (Wildman–Crippen LogP) is 0.626.